The van der Waals surface area contributed by atoms with Crippen molar-refractivity contribution in [1.82, 2.24) is 0 Å². The number of nitrogens with zero attached hydrogens (tertiary/aromatic N) is 2. The molecule has 1 unspecified atom stereocenters. The van der Waals surface area contributed by atoms with E-state index in [9.17, 15) is 27.8 Å². The highest BCUT2D eigenvalue weighted by Gasteiger charge is 2.77. The van der Waals surface area contributed by atoms with Crippen LogP contribution in [-0.2, 0) is 11.7 Å². The Labute approximate surface area is 150 Å². The van der Waals surface area contributed by atoms with Gasteiger partial charge in [0.1, 0.15) is 11.8 Å². The molecule has 0 radical (unpaired) electrons. The van der Waals surface area contributed by atoms with Crippen LogP contribution in [0.5, 0.6) is 11.5 Å². The van der Waals surface area contributed by atoms with E-state index in [0.29, 0.717) is 17.7 Å². The molecule has 138 valence electrons. The van der Waals surface area contributed by atoms with Gasteiger partial charge in [-0.25, -0.2) is 8.78 Å². The van der Waals surface area contributed by atoms with Crippen molar-refractivity contribution in [2.45, 2.75) is 24.3 Å². The Morgan fingerprint density at radius 2 is 1.74 bits per heavy atom. The zero-order chi connectivity index (χ0) is 20.2. The Hall–Kier alpha value is -3.14. The lowest BCUT2D eigenvalue weighted by Crippen LogP contribution is -2.51. The van der Waals surface area contributed by atoms with Crippen LogP contribution in [0.1, 0.15) is 22.3 Å². The molecule has 0 saturated heterocycles. The van der Waals surface area contributed by atoms with Gasteiger partial charge in [-0.1, -0.05) is 0 Å². The number of fused-ring (bicyclic) bond motifs is 1. The van der Waals surface area contributed by atoms with E-state index in [1.165, 1.54) is 18.2 Å². The highest BCUT2D eigenvalue weighted by atomic mass is 19.3. The maximum atomic E-state index is 14.7. The van der Waals surface area contributed by atoms with Crippen LogP contribution in [0.15, 0.2) is 30.3 Å². The van der Waals surface area contributed by atoms with E-state index in [1.54, 1.807) is 6.92 Å². The smallest absolute Gasteiger partial charge is 0.326 e. The minimum Gasteiger partial charge on any atom is -0.454 e. The Balaban J connectivity index is 2.16. The summed E-state index contributed by atoms with van der Waals surface area (Å²) in [6.45, 7) is 1.63. The summed E-state index contributed by atoms with van der Waals surface area (Å²) in [7, 11) is 0. The normalized spacial score (nSPS) is 21.8. The number of rotatable bonds is 2. The first kappa shape index (κ1) is 18.6. The highest BCUT2D eigenvalue weighted by Crippen LogP contribution is 2.59. The van der Waals surface area contributed by atoms with E-state index < -0.39 is 40.1 Å². The number of aliphatic hydroxyl groups is 2. The van der Waals surface area contributed by atoms with Gasteiger partial charge in [-0.2, -0.15) is 19.3 Å². The predicted octanol–water partition coefficient (Wildman–Crippen LogP) is 3.27. The lowest BCUT2D eigenvalue weighted by molar-refractivity contribution is -0.284. The zero-order valence-electron chi connectivity index (χ0n) is 13.6. The SMILES string of the molecule is Cc1cc(C#N)cc(Oc2ccc3c(c2F)C(O)(O)C(F)(C#N)C3(F)F)c1. The van der Waals surface area contributed by atoms with E-state index in [0.717, 1.165) is 6.07 Å². The van der Waals surface area contributed by atoms with Crippen LogP contribution in [0.4, 0.5) is 17.6 Å². The van der Waals surface area contributed by atoms with Crippen molar-refractivity contribution < 1.29 is 32.5 Å². The van der Waals surface area contributed by atoms with Crippen LogP contribution in [-0.4, -0.2) is 15.9 Å². The summed E-state index contributed by atoms with van der Waals surface area (Å²) in [5.74, 6) is -11.2. The predicted molar refractivity (Wildman–Crippen MR) is 81.8 cm³/mol. The molecule has 1 aliphatic carbocycles. The second-order valence-corrected chi connectivity index (χ2v) is 6.07. The van der Waals surface area contributed by atoms with E-state index >= 15 is 0 Å². The molecular formula is C18H10F4N2O3. The minimum atomic E-state index is -4.67. The third-order valence-corrected chi connectivity index (χ3v) is 4.27. The Kier molecular flexibility index (Phi) is 3.92. The molecule has 1 atom stereocenters. The molecule has 0 heterocycles. The molecule has 27 heavy (non-hydrogen) atoms. The second-order valence-electron chi connectivity index (χ2n) is 6.07. The number of benzene rings is 2. The van der Waals surface area contributed by atoms with Gasteiger partial charge in [0.05, 0.1) is 17.2 Å². The first-order valence-electron chi connectivity index (χ1n) is 7.45. The molecule has 9 heteroatoms. The van der Waals surface area contributed by atoms with Gasteiger partial charge >= 0.3 is 11.6 Å². The van der Waals surface area contributed by atoms with Crippen LogP contribution in [0.2, 0.25) is 0 Å². The van der Waals surface area contributed by atoms with Gasteiger partial charge in [-0.3, -0.25) is 0 Å². The third kappa shape index (κ3) is 2.36. The fraction of sp³-hybridized carbons (Fsp3) is 0.222. The molecule has 0 saturated carbocycles. The lowest BCUT2D eigenvalue weighted by atomic mass is 9.95. The molecule has 2 aromatic carbocycles. The third-order valence-electron chi connectivity index (χ3n) is 4.27. The summed E-state index contributed by atoms with van der Waals surface area (Å²) in [4.78, 5) is 0. The largest absolute Gasteiger partial charge is 0.454 e. The van der Waals surface area contributed by atoms with Crippen molar-refractivity contribution in [3.8, 4) is 23.6 Å². The zero-order valence-corrected chi connectivity index (χ0v) is 13.6. The van der Waals surface area contributed by atoms with Crippen LogP contribution in [0, 0.1) is 35.4 Å². The molecular weight excluding hydrogens is 368 g/mol. The standard InChI is InChI=1S/C18H10F4N2O3/c1-9-4-10(7-23)6-11(5-9)27-13-3-2-12-14(15(13)19)18(25,26)16(20,8-24)17(12,21)22/h2-6,25-26H,1H3. The van der Waals surface area contributed by atoms with E-state index in [-0.39, 0.29) is 11.3 Å². The van der Waals surface area contributed by atoms with Gasteiger partial charge in [0, 0.05) is 5.56 Å². The quantitative estimate of drug-likeness (QED) is 0.618. The number of ether oxygens (including phenoxy) is 1. The molecule has 2 aromatic rings. The number of nitriles is 2. The van der Waals surface area contributed by atoms with Gasteiger partial charge in [0.25, 0.3) is 0 Å². The molecule has 0 spiro atoms. The second kappa shape index (κ2) is 5.68. The molecule has 0 bridgehead atoms. The van der Waals surface area contributed by atoms with Crippen molar-refractivity contribution in [3.63, 3.8) is 0 Å². The summed E-state index contributed by atoms with van der Waals surface area (Å²) in [5.41, 5.74) is -6.57. The van der Waals surface area contributed by atoms with Crippen LogP contribution < -0.4 is 4.74 Å². The maximum Gasteiger partial charge on any atom is 0.326 e. The van der Waals surface area contributed by atoms with Crippen LogP contribution in [0.3, 0.4) is 0 Å². The van der Waals surface area contributed by atoms with Crippen molar-refractivity contribution in [2.75, 3.05) is 0 Å². The Morgan fingerprint density at radius 1 is 1.07 bits per heavy atom. The molecule has 0 aromatic heterocycles. The minimum absolute atomic E-state index is 0.0246. The van der Waals surface area contributed by atoms with E-state index in [4.69, 9.17) is 15.3 Å². The molecule has 0 amide bonds. The molecule has 2 N–H and O–H groups in total. The number of hydrogen-bond acceptors (Lipinski definition) is 5. The molecule has 3 rings (SSSR count). The number of halogens is 4. The van der Waals surface area contributed by atoms with Crippen molar-refractivity contribution in [1.29, 1.82) is 10.5 Å². The fourth-order valence-electron chi connectivity index (χ4n) is 2.96. The molecule has 1 aliphatic rings. The topological polar surface area (TPSA) is 97.3 Å². The van der Waals surface area contributed by atoms with Gasteiger partial charge in [-0.15, -0.1) is 0 Å². The fourth-order valence-corrected chi connectivity index (χ4v) is 2.96. The number of alkyl halides is 3. The summed E-state index contributed by atoms with van der Waals surface area (Å²) < 4.78 is 62.8. The van der Waals surface area contributed by atoms with Crippen molar-refractivity contribution in [3.05, 3.63) is 58.4 Å². The lowest BCUT2D eigenvalue weighted by Gasteiger charge is -2.28. The first-order valence-corrected chi connectivity index (χ1v) is 7.45. The first-order chi connectivity index (χ1) is 12.5. The van der Waals surface area contributed by atoms with E-state index in [1.807, 2.05) is 6.07 Å². The summed E-state index contributed by atoms with van der Waals surface area (Å²) >= 11 is 0. The van der Waals surface area contributed by atoms with Gasteiger partial charge in [0.2, 0.25) is 5.79 Å². The average molecular weight is 378 g/mol. The number of aryl methyl sites for hydroxylation is 1. The van der Waals surface area contributed by atoms with Crippen molar-refractivity contribution >= 4 is 0 Å². The van der Waals surface area contributed by atoms with Crippen LogP contribution in [0.25, 0.3) is 0 Å². The van der Waals surface area contributed by atoms with E-state index in [2.05, 4.69) is 0 Å². The van der Waals surface area contributed by atoms with Crippen molar-refractivity contribution in [2.24, 2.45) is 0 Å². The number of hydrogen-bond donors (Lipinski definition) is 2. The summed E-state index contributed by atoms with van der Waals surface area (Å²) in [6, 6.07) is 7.86. The monoisotopic (exact) mass is 378 g/mol. The molecule has 0 fully saturated rings. The molecule has 5 nitrogen and oxygen atoms in total. The van der Waals surface area contributed by atoms with Gasteiger partial charge in [-0.05, 0) is 42.8 Å². The molecule has 0 aliphatic heterocycles. The van der Waals surface area contributed by atoms with Gasteiger partial charge in [0.15, 0.2) is 11.6 Å². The summed E-state index contributed by atoms with van der Waals surface area (Å²) in [6.07, 6.45) is 0. The Bertz CT molecular complexity index is 1040. The van der Waals surface area contributed by atoms with Crippen LogP contribution >= 0.6 is 0 Å². The Morgan fingerprint density at radius 3 is 2.33 bits per heavy atom. The van der Waals surface area contributed by atoms with Gasteiger partial charge < -0.3 is 14.9 Å². The summed E-state index contributed by atoms with van der Waals surface area (Å²) in [5, 5.41) is 37.4. The average Bonchev–Trinajstić information content (AvgIpc) is 2.72. The highest BCUT2D eigenvalue weighted by molar-refractivity contribution is 5.53. The maximum absolute atomic E-state index is 14.7.